The van der Waals surface area contributed by atoms with E-state index >= 15 is 0 Å². The summed E-state index contributed by atoms with van der Waals surface area (Å²) < 4.78 is 97.8. The summed E-state index contributed by atoms with van der Waals surface area (Å²) in [5.41, 5.74) is -2.19. The fraction of sp³-hybridized carbons (Fsp3) is 0.500. The zero-order chi connectivity index (χ0) is 24.9. The van der Waals surface area contributed by atoms with Crippen LogP contribution in [-0.4, -0.2) is 53.1 Å². The Morgan fingerprint density at radius 2 is 1.81 bits per heavy atom. The van der Waals surface area contributed by atoms with Crippen LogP contribution in [-0.2, 0) is 60.4 Å². The van der Waals surface area contributed by atoms with Gasteiger partial charge in [-0.1, -0.05) is 5.23 Å². The van der Waals surface area contributed by atoms with Crippen molar-refractivity contribution in [2.45, 2.75) is 29.6 Å². The molecule has 0 aromatic carbocycles. The minimum Gasteiger partial charge on any atom is -0.363 e. The Kier molecular flexibility index (Phi) is 3.20. The number of aromatic nitrogens is 4. The van der Waals surface area contributed by atoms with Gasteiger partial charge in [0.2, 0.25) is 6.29 Å². The van der Waals surface area contributed by atoms with E-state index in [9.17, 15) is 28.7 Å². The molecular formula is C10H4N5O17P3S. The Morgan fingerprint density at radius 1 is 1.03 bits per heavy atom. The first-order valence-corrected chi connectivity index (χ1v) is 14.0. The number of anilines is 1. The lowest BCUT2D eigenvalue weighted by atomic mass is 9.97. The van der Waals surface area contributed by atoms with E-state index in [0.717, 1.165) is 0 Å². The first-order chi connectivity index (χ1) is 16.9. The van der Waals surface area contributed by atoms with Gasteiger partial charge in [-0.25, -0.2) is 36.4 Å². The van der Waals surface area contributed by atoms with Crippen LogP contribution < -0.4 is 19.9 Å². The largest absolute Gasteiger partial charge is 0.634 e. The topological polar surface area (TPSA) is 249 Å². The van der Waals surface area contributed by atoms with Crippen molar-refractivity contribution < 1.29 is 73.8 Å². The minimum atomic E-state index is -5.25. The number of phosphoric acid groups is 3. The predicted octanol–water partition coefficient (Wildman–Crippen LogP) is -1.54. The van der Waals surface area contributed by atoms with Crippen LogP contribution in [0, 0.1) is 0 Å². The molecule has 36 heavy (non-hydrogen) atoms. The molecule has 4 fully saturated rings. The highest BCUT2D eigenvalue weighted by molar-refractivity contribution is 7.75. The number of phosphoric ester groups is 2. The van der Waals surface area contributed by atoms with Crippen LogP contribution in [0.5, 0.6) is 6.01 Å². The summed E-state index contributed by atoms with van der Waals surface area (Å²) in [6, 6.07) is -0.878. The molecular weight excluding hydrogens is 587 g/mol. The number of nitrogens with zero attached hydrogens (tertiary/aromatic N) is 5. The molecule has 0 radical (unpaired) electrons. The summed E-state index contributed by atoms with van der Waals surface area (Å²) >= 11 is 3.64. The zero-order valence-electron chi connectivity index (χ0n) is 16.1. The number of fused-ring (bicyclic) bond motifs is 4. The van der Waals surface area contributed by atoms with Gasteiger partial charge in [-0.15, -0.1) is 14.0 Å². The normalized spacial score (nSPS) is 52.3. The number of thiol groups is 1. The van der Waals surface area contributed by atoms with Crippen molar-refractivity contribution >= 4 is 53.5 Å². The summed E-state index contributed by atoms with van der Waals surface area (Å²) in [6.45, 7) is 0. The molecule has 7 aliphatic heterocycles. The molecule has 2 aromatic heterocycles. The lowest BCUT2D eigenvalue weighted by Gasteiger charge is -2.39. The fourth-order valence-corrected chi connectivity index (χ4v) is 9.45. The van der Waals surface area contributed by atoms with Crippen molar-refractivity contribution in [1.29, 1.82) is 0 Å². The highest BCUT2D eigenvalue weighted by Crippen LogP contribution is 2.85. The molecule has 2 spiro atoms. The Labute approximate surface area is 198 Å². The summed E-state index contributed by atoms with van der Waals surface area (Å²) in [4.78, 5) is 20.3. The third kappa shape index (κ3) is 1.84. The van der Waals surface area contributed by atoms with E-state index in [1.807, 2.05) is 0 Å². The first kappa shape index (κ1) is 21.3. The van der Waals surface area contributed by atoms with E-state index in [2.05, 4.69) is 22.9 Å². The van der Waals surface area contributed by atoms with Gasteiger partial charge in [0.05, 0.1) is 0 Å². The number of ether oxygens (including phenoxy) is 1. The number of hydrogen-bond donors (Lipinski definition) is 3. The lowest BCUT2D eigenvalue weighted by Crippen LogP contribution is -2.68. The molecule has 192 valence electrons. The van der Waals surface area contributed by atoms with Gasteiger partial charge >= 0.3 is 52.5 Å². The quantitative estimate of drug-likeness (QED) is 0.193. The van der Waals surface area contributed by atoms with Gasteiger partial charge < -0.3 is 14.7 Å². The van der Waals surface area contributed by atoms with Gasteiger partial charge in [0, 0.05) is 0 Å². The molecule has 9 rings (SSSR count). The monoisotopic (exact) mass is 591 g/mol. The summed E-state index contributed by atoms with van der Waals surface area (Å²) in [6.07, 6.45) is -2.34. The third-order valence-corrected chi connectivity index (χ3v) is 10.2. The fourth-order valence-electron chi connectivity index (χ4n) is 4.81. The molecule has 0 amide bonds. The van der Waals surface area contributed by atoms with Crippen molar-refractivity contribution in [1.82, 2.24) is 19.3 Å². The predicted molar refractivity (Wildman–Crippen MR) is 97.4 cm³/mol. The van der Waals surface area contributed by atoms with Gasteiger partial charge in [0.15, 0.2) is 11.2 Å². The number of hydrogen-bond acceptors (Lipinski definition) is 21. The lowest BCUT2D eigenvalue weighted by molar-refractivity contribution is -0.366. The van der Waals surface area contributed by atoms with E-state index in [1.165, 1.54) is 0 Å². The van der Waals surface area contributed by atoms with Crippen LogP contribution in [0.3, 0.4) is 0 Å². The van der Waals surface area contributed by atoms with Crippen LogP contribution in [0.1, 0.15) is 0 Å². The summed E-state index contributed by atoms with van der Waals surface area (Å²) in [5.74, 6) is -13.4. The number of rotatable bonds is 1. The molecule has 2 N–H and O–H groups in total. The smallest absolute Gasteiger partial charge is 0.363 e. The molecule has 11 bridgehead atoms. The van der Waals surface area contributed by atoms with Crippen molar-refractivity contribution in [3.63, 3.8) is 0 Å². The van der Waals surface area contributed by atoms with Gasteiger partial charge in [-0.3, -0.25) is 22.9 Å². The van der Waals surface area contributed by atoms with Crippen molar-refractivity contribution in [2.75, 3.05) is 5.23 Å². The highest BCUT2D eigenvalue weighted by Gasteiger charge is 3.01. The van der Waals surface area contributed by atoms with Crippen LogP contribution in [0.4, 0.5) is 5.95 Å². The van der Waals surface area contributed by atoms with Gasteiger partial charge in [0.25, 0.3) is 11.7 Å². The maximum Gasteiger partial charge on any atom is 0.634 e. The average molecular weight is 591 g/mol. The second kappa shape index (κ2) is 5.41. The van der Waals surface area contributed by atoms with Gasteiger partial charge in [0.1, 0.15) is 0 Å². The van der Waals surface area contributed by atoms with Crippen LogP contribution in [0.2, 0.25) is 0 Å². The standard InChI is InChI=1S/C10H4N5O17P3S/c16-2-1-3-13-6(11-1)23-34(20)30-14(3)5(12-2)15(31-34)32-35(21)26-8(18)9(29-36)7(24-10(8,13)28-35)4(17)22-33(19,25-7)27-9/h4,17-18,36H. The van der Waals surface area contributed by atoms with E-state index in [4.69, 9.17) is 49.9 Å². The Balaban J connectivity index is 1.47. The third-order valence-electron chi connectivity index (χ3n) is 6.05. The molecule has 22 nitrogen and oxygen atoms in total. The van der Waals surface area contributed by atoms with E-state index in [0.29, 0.717) is 9.30 Å². The van der Waals surface area contributed by atoms with Crippen LogP contribution >= 0.6 is 36.4 Å². The molecule has 0 saturated carbocycles. The first-order valence-electron chi connectivity index (χ1n) is 9.25. The molecule has 8 unspecified atom stereocenters. The second-order valence-corrected chi connectivity index (χ2v) is 12.4. The molecule has 0 aliphatic carbocycles. The minimum absolute atomic E-state index is 0.0673. The van der Waals surface area contributed by atoms with E-state index in [-0.39, 0.29) is 5.23 Å². The molecule has 4 saturated heterocycles. The van der Waals surface area contributed by atoms with Crippen molar-refractivity contribution in [3.8, 4) is 6.01 Å². The molecule has 8 atom stereocenters. The number of aliphatic hydroxyl groups is 2. The maximum atomic E-state index is 13.7. The molecule has 7 aliphatic rings. The molecule has 9 heterocycles. The van der Waals surface area contributed by atoms with Gasteiger partial charge in [-0.05, 0) is 12.9 Å². The second-order valence-electron chi connectivity index (χ2n) is 7.87. The summed E-state index contributed by atoms with van der Waals surface area (Å²) in [7, 11) is -14.7. The van der Waals surface area contributed by atoms with E-state index in [1.54, 1.807) is 0 Å². The summed E-state index contributed by atoms with van der Waals surface area (Å²) in [5, 5.41) is 22.6. The number of imidazole rings is 1. The average Bonchev–Trinajstić information content (AvgIpc) is 3.42. The Hall–Kier alpha value is -1.65. The van der Waals surface area contributed by atoms with Crippen LogP contribution in [0.15, 0.2) is 4.79 Å². The zero-order valence-corrected chi connectivity index (χ0v) is 19.7. The Morgan fingerprint density at radius 3 is 2.56 bits per heavy atom. The van der Waals surface area contributed by atoms with Crippen molar-refractivity contribution in [2.24, 2.45) is 0 Å². The van der Waals surface area contributed by atoms with Crippen molar-refractivity contribution in [3.05, 3.63) is 10.4 Å². The molecule has 2 aromatic rings. The molecule has 26 heteroatoms. The Bertz CT molecular complexity index is 1710. The van der Waals surface area contributed by atoms with Gasteiger partial charge in [-0.2, -0.15) is 9.97 Å². The SMILES string of the molecule is O=c1nc2n3c4c1nc1n4C45OC67OP(=O)(OC6O)OC7(OS)C4(O)OP(=O)(ON2OP(=O)(O1)O3)O5. The van der Waals surface area contributed by atoms with E-state index < -0.39 is 81.7 Å². The highest BCUT2D eigenvalue weighted by atomic mass is 32.1. The van der Waals surface area contributed by atoms with Crippen LogP contribution in [0.25, 0.3) is 11.2 Å². The maximum absolute atomic E-state index is 13.7. The number of aliphatic hydroxyl groups excluding tert-OH is 1.